The zero-order chi connectivity index (χ0) is 16.2. The van der Waals surface area contributed by atoms with E-state index >= 15 is 0 Å². The van der Waals surface area contributed by atoms with Crippen LogP contribution in [0.15, 0.2) is 48.5 Å². The first-order chi connectivity index (χ1) is 10.3. The Labute approximate surface area is 130 Å². The number of hydrogen-bond acceptors (Lipinski definition) is 4. The highest BCUT2D eigenvalue weighted by molar-refractivity contribution is 7.89. The molecule has 0 bridgehead atoms. The zero-order valence-corrected chi connectivity index (χ0v) is 13.2. The van der Waals surface area contributed by atoms with Crippen LogP contribution in [0.1, 0.15) is 5.56 Å². The van der Waals surface area contributed by atoms with Crippen molar-refractivity contribution in [1.82, 2.24) is 4.72 Å². The second-order valence-electron chi connectivity index (χ2n) is 4.98. The molecule has 0 aliphatic rings. The van der Waals surface area contributed by atoms with Crippen LogP contribution in [0.2, 0.25) is 0 Å². The van der Waals surface area contributed by atoms with Gasteiger partial charge in [0.05, 0.1) is 6.26 Å². The maximum absolute atomic E-state index is 11.3. The summed E-state index contributed by atoms with van der Waals surface area (Å²) in [6.45, 7) is 1.68. The molecule has 1 N–H and O–H groups in total. The summed E-state index contributed by atoms with van der Waals surface area (Å²) in [5.41, 5.74) is 3.31. The van der Waals surface area contributed by atoms with E-state index in [9.17, 15) is 13.2 Å². The quantitative estimate of drug-likeness (QED) is 0.916. The minimum Gasteiger partial charge on any atom is -0.484 e. The van der Waals surface area contributed by atoms with Gasteiger partial charge in [-0.15, -0.1) is 0 Å². The van der Waals surface area contributed by atoms with Crippen molar-refractivity contribution in [2.24, 2.45) is 0 Å². The molecule has 0 fully saturated rings. The zero-order valence-electron chi connectivity index (χ0n) is 12.4. The van der Waals surface area contributed by atoms with Crippen molar-refractivity contribution in [2.45, 2.75) is 6.92 Å². The molecular weight excluding hydrogens is 302 g/mol. The van der Waals surface area contributed by atoms with E-state index in [0.29, 0.717) is 5.75 Å². The number of ether oxygens (including phenoxy) is 1. The van der Waals surface area contributed by atoms with Crippen LogP contribution in [0.3, 0.4) is 0 Å². The predicted molar refractivity (Wildman–Crippen MR) is 85.1 cm³/mol. The smallest absolute Gasteiger partial charge is 0.271 e. The first-order valence-corrected chi connectivity index (χ1v) is 8.53. The summed E-state index contributed by atoms with van der Waals surface area (Å²) in [4.78, 5) is 11.3. The lowest BCUT2D eigenvalue weighted by Gasteiger charge is -2.08. The van der Waals surface area contributed by atoms with Gasteiger partial charge >= 0.3 is 0 Å². The van der Waals surface area contributed by atoms with Gasteiger partial charge in [0.2, 0.25) is 10.0 Å². The van der Waals surface area contributed by atoms with Crippen LogP contribution in [0.4, 0.5) is 0 Å². The minimum atomic E-state index is -3.55. The average molecular weight is 319 g/mol. The number of nitrogens with one attached hydrogen (secondary N) is 1. The van der Waals surface area contributed by atoms with Gasteiger partial charge in [-0.05, 0) is 30.2 Å². The molecule has 6 heteroatoms. The summed E-state index contributed by atoms with van der Waals surface area (Å²) in [5.74, 6) is -0.203. The number of benzene rings is 2. The molecule has 5 nitrogen and oxygen atoms in total. The fourth-order valence-electron chi connectivity index (χ4n) is 1.95. The van der Waals surface area contributed by atoms with E-state index in [1.54, 1.807) is 12.1 Å². The lowest BCUT2D eigenvalue weighted by atomic mass is 10.0. The van der Waals surface area contributed by atoms with Crippen LogP contribution in [-0.4, -0.2) is 27.2 Å². The van der Waals surface area contributed by atoms with Crippen molar-refractivity contribution < 1.29 is 17.9 Å². The highest BCUT2D eigenvalue weighted by atomic mass is 32.2. The Morgan fingerprint density at radius 1 is 1.09 bits per heavy atom. The fraction of sp³-hybridized carbons (Fsp3) is 0.188. The maximum Gasteiger partial charge on any atom is 0.271 e. The average Bonchev–Trinajstić information content (AvgIpc) is 2.44. The molecule has 0 atom stereocenters. The summed E-state index contributed by atoms with van der Waals surface area (Å²) in [6, 6.07) is 15.4. The Bertz CT molecular complexity index is 767. The molecule has 0 heterocycles. The first-order valence-electron chi connectivity index (χ1n) is 6.64. The summed E-state index contributed by atoms with van der Waals surface area (Å²) >= 11 is 0. The van der Waals surface area contributed by atoms with Crippen molar-refractivity contribution in [2.75, 3.05) is 12.9 Å². The molecule has 0 saturated carbocycles. The van der Waals surface area contributed by atoms with Crippen LogP contribution in [0, 0.1) is 6.92 Å². The fourth-order valence-corrected chi connectivity index (χ4v) is 2.43. The number of aryl methyl sites for hydroxylation is 1. The van der Waals surface area contributed by atoms with Gasteiger partial charge < -0.3 is 4.74 Å². The van der Waals surface area contributed by atoms with Crippen LogP contribution >= 0.6 is 0 Å². The molecule has 0 aliphatic carbocycles. The monoisotopic (exact) mass is 319 g/mol. The molecule has 0 saturated heterocycles. The molecular formula is C16H17NO4S. The molecule has 1 amide bonds. The number of sulfonamides is 1. The van der Waals surface area contributed by atoms with Crippen molar-refractivity contribution in [3.8, 4) is 16.9 Å². The highest BCUT2D eigenvalue weighted by Crippen LogP contribution is 2.23. The summed E-state index contributed by atoms with van der Waals surface area (Å²) in [5, 5.41) is 0. The van der Waals surface area contributed by atoms with Crippen molar-refractivity contribution in [3.05, 3.63) is 54.1 Å². The molecule has 0 radical (unpaired) electrons. The molecule has 2 aromatic rings. The number of amides is 1. The van der Waals surface area contributed by atoms with Crippen LogP contribution in [0.25, 0.3) is 11.1 Å². The lowest BCUT2D eigenvalue weighted by Crippen LogP contribution is -2.33. The second kappa shape index (κ2) is 6.62. The van der Waals surface area contributed by atoms with Crippen LogP contribution in [-0.2, 0) is 14.8 Å². The van der Waals surface area contributed by atoms with Crippen LogP contribution < -0.4 is 9.46 Å². The van der Waals surface area contributed by atoms with Crippen molar-refractivity contribution >= 4 is 15.9 Å². The van der Waals surface area contributed by atoms with Crippen molar-refractivity contribution in [1.29, 1.82) is 0 Å². The number of hydrogen-bond donors (Lipinski definition) is 1. The van der Waals surface area contributed by atoms with E-state index in [2.05, 4.69) is 6.07 Å². The summed E-state index contributed by atoms with van der Waals surface area (Å²) in [6.07, 6.45) is 0.918. The van der Waals surface area contributed by atoms with Gasteiger partial charge in [0.15, 0.2) is 6.61 Å². The molecule has 0 spiro atoms. The minimum absolute atomic E-state index is 0.350. The molecule has 2 aromatic carbocycles. The summed E-state index contributed by atoms with van der Waals surface area (Å²) < 4.78 is 28.9. The molecule has 22 heavy (non-hydrogen) atoms. The Kier molecular flexibility index (Phi) is 4.82. The summed E-state index contributed by atoms with van der Waals surface area (Å²) in [7, 11) is -3.55. The predicted octanol–water partition coefficient (Wildman–Crippen LogP) is 2.12. The molecule has 2 rings (SSSR count). The number of rotatable bonds is 5. The van der Waals surface area contributed by atoms with Gasteiger partial charge in [0, 0.05) is 0 Å². The lowest BCUT2D eigenvalue weighted by molar-refractivity contribution is -0.121. The van der Waals surface area contributed by atoms with E-state index in [0.717, 1.165) is 17.4 Å². The van der Waals surface area contributed by atoms with E-state index in [-0.39, 0.29) is 6.61 Å². The first kappa shape index (κ1) is 16.0. The Hall–Kier alpha value is -2.34. The third-order valence-corrected chi connectivity index (χ3v) is 3.47. The third kappa shape index (κ3) is 4.89. The van der Waals surface area contributed by atoms with Crippen molar-refractivity contribution in [3.63, 3.8) is 0 Å². The SMILES string of the molecule is Cc1cccc(-c2ccc(OCC(=O)NS(C)(=O)=O)cc2)c1. The number of carbonyl (C=O) groups is 1. The van der Waals surface area contributed by atoms with Gasteiger partial charge in [-0.25, -0.2) is 8.42 Å². The highest BCUT2D eigenvalue weighted by Gasteiger charge is 2.09. The normalized spacial score (nSPS) is 11.0. The van der Waals surface area contributed by atoms with E-state index in [4.69, 9.17) is 4.74 Å². The van der Waals surface area contributed by atoms with Gasteiger partial charge in [0.25, 0.3) is 5.91 Å². The van der Waals surface area contributed by atoms with E-state index in [1.807, 2.05) is 42.0 Å². The van der Waals surface area contributed by atoms with Gasteiger partial charge in [-0.3, -0.25) is 9.52 Å². The van der Waals surface area contributed by atoms with E-state index < -0.39 is 15.9 Å². The van der Waals surface area contributed by atoms with Gasteiger partial charge in [-0.1, -0.05) is 42.0 Å². The maximum atomic E-state index is 11.3. The second-order valence-corrected chi connectivity index (χ2v) is 6.73. The molecule has 0 unspecified atom stereocenters. The van der Waals surface area contributed by atoms with E-state index in [1.165, 1.54) is 5.56 Å². The van der Waals surface area contributed by atoms with Gasteiger partial charge in [-0.2, -0.15) is 0 Å². The largest absolute Gasteiger partial charge is 0.484 e. The Morgan fingerprint density at radius 2 is 1.77 bits per heavy atom. The van der Waals surface area contributed by atoms with Crippen LogP contribution in [0.5, 0.6) is 5.75 Å². The molecule has 0 aromatic heterocycles. The Balaban J connectivity index is 1.99. The third-order valence-electron chi connectivity index (χ3n) is 2.87. The Morgan fingerprint density at radius 3 is 2.36 bits per heavy atom. The van der Waals surface area contributed by atoms with Gasteiger partial charge in [0.1, 0.15) is 5.75 Å². The topological polar surface area (TPSA) is 72.5 Å². The molecule has 0 aliphatic heterocycles. The standard InChI is InChI=1S/C16H17NO4S/c1-12-4-3-5-14(10-12)13-6-8-15(9-7-13)21-11-16(18)17-22(2,19)20/h3-10H,11H2,1-2H3,(H,17,18). The molecule has 116 valence electrons. The number of carbonyl (C=O) groups excluding carboxylic acids is 1.